The average Bonchev–Trinajstić information content (AvgIpc) is 2.66. The van der Waals surface area contributed by atoms with Crippen LogP contribution in [-0.2, 0) is 0 Å². The Morgan fingerprint density at radius 1 is 1.04 bits per heavy atom. The number of hydrogen-bond acceptors (Lipinski definition) is 5. The summed E-state index contributed by atoms with van der Waals surface area (Å²) >= 11 is 6.19. The number of hydrogen-bond donors (Lipinski definition) is 1. The summed E-state index contributed by atoms with van der Waals surface area (Å²) < 4.78 is 21.5. The molecule has 0 saturated carbocycles. The van der Waals surface area contributed by atoms with Crippen LogP contribution < -0.4 is 24.3 Å². The van der Waals surface area contributed by atoms with Crippen LogP contribution in [0, 0.1) is 0 Å². The summed E-state index contributed by atoms with van der Waals surface area (Å²) in [6.45, 7) is 2.91. The quantitative estimate of drug-likeness (QED) is 0.675. The molecule has 2 rings (SSSR count). The Hall–Kier alpha value is -2.60. The van der Waals surface area contributed by atoms with E-state index in [0.717, 1.165) is 0 Å². The fourth-order valence-electron chi connectivity index (χ4n) is 2.30. The van der Waals surface area contributed by atoms with Crippen LogP contribution >= 0.6 is 11.6 Å². The molecular weight excluding hydrogens is 358 g/mol. The van der Waals surface area contributed by atoms with E-state index >= 15 is 0 Å². The van der Waals surface area contributed by atoms with Gasteiger partial charge in [-0.3, -0.25) is 4.79 Å². The Morgan fingerprint density at radius 2 is 1.73 bits per heavy atom. The molecule has 6 nitrogen and oxygen atoms in total. The molecule has 26 heavy (non-hydrogen) atoms. The van der Waals surface area contributed by atoms with Crippen LogP contribution in [0.5, 0.6) is 23.0 Å². The molecule has 140 valence electrons. The van der Waals surface area contributed by atoms with Gasteiger partial charge in [0, 0.05) is 5.56 Å². The lowest BCUT2D eigenvalue weighted by Gasteiger charge is -2.13. The second-order valence-electron chi connectivity index (χ2n) is 5.18. The number of nitrogens with one attached hydrogen (secondary N) is 1. The van der Waals surface area contributed by atoms with Crippen molar-refractivity contribution in [3.05, 3.63) is 47.0 Å². The van der Waals surface area contributed by atoms with Crippen LogP contribution in [0.4, 0.5) is 0 Å². The Kier molecular flexibility index (Phi) is 7.41. The van der Waals surface area contributed by atoms with E-state index in [9.17, 15) is 4.79 Å². The molecule has 0 aliphatic carbocycles. The number of halogens is 1. The number of benzene rings is 2. The zero-order valence-corrected chi connectivity index (χ0v) is 15.8. The number of carbonyl (C=O) groups is 1. The van der Waals surface area contributed by atoms with E-state index < -0.39 is 0 Å². The number of amides is 1. The minimum Gasteiger partial charge on any atom is -0.493 e. The predicted octanol–water partition coefficient (Wildman–Crippen LogP) is 3.56. The maximum Gasteiger partial charge on any atom is 0.251 e. The normalized spacial score (nSPS) is 10.2. The van der Waals surface area contributed by atoms with E-state index in [2.05, 4.69) is 5.32 Å². The van der Waals surface area contributed by atoms with Gasteiger partial charge >= 0.3 is 0 Å². The summed E-state index contributed by atoms with van der Waals surface area (Å²) in [6, 6.07) is 10.5. The van der Waals surface area contributed by atoms with E-state index in [4.69, 9.17) is 30.5 Å². The van der Waals surface area contributed by atoms with Crippen molar-refractivity contribution in [3.8, 4) is 23.0 Å². The number of methoxy groups -OCH3 is 2. The van der Waals surface area contributed by atoms with Gasteiger partial charge in [-0.2, -0.15) is 0 Å². The molecule has 1 amide bonds. The van der Waals surface area contributed by atoms with Gasteiger partial charge in [-0.1, -0.05) is 23.7 Å². The average molecular weight is 380 g/mol. The molecule has 0 aliphatic heterocycles. The van der Waals surface area contributed by atoms with E-state index in [-0.39, 0.29) is 5.91 Å². The van der Waals surface area contributed by atoms with Gasteiger partial charge in [-0.25, -0.2) is 0 Å². The highest BCUT2D eigenvalue weighted by Crippen LogP contribution is 2.36. The minimum absolute atomic E-state index is 0.281. The summed E-state index contributed by atoms with van der Waals surface area (Å²) in [5.41, 5.74) is 0.382. The van der Waals surface area contributed by atoms with Crippen molar-refractivity contribution in [3.63, 3.8) is 0 Å². The number of rotatable bonds is 9. The molecular formula is C19H22ClNO5. The molecule has 0 heterocycles. The van der Waals surface area contributed by atoms with E-state index in [1.165, 1.54) is 7.11 Å². The summed E-state index contributed by atoms with van der Waals surface area (Å²) in [7, 11) is 3.07. The summed E-state index contributed by atoms with van der Waals surface area (Å²) in [5.74, 6) is 1.82. The van der Waals surface area contributed by atoms with Gasteiger partial charge in [0.25, 0.3) is 5.91 Å². The maximum absolute atomic E-state index is 12.3. The third kappa shape index (κ3) is 4.95. The smallest absolute Gasteiger partial charge is 0.251 e. The Balaban J connectivity index is 1.94. The van der Waals surface area contributed by atoms with Crippen LogP contribution in [0.15, 0.2) is 36.4 Å². The van der Waals surface area contributed by atoms with Gasteiger partial charge in [0.15, 0.2) is 23.0 Å². The third-order valence-corrected chi connectivity index (χ3v) is 3.78. The van der Waals surface area contributed by atoms with E-state index in [1.54, 1.807) is 25.3 Å². The zero-order valence-electron chi connectivity index (χ0n) is 15.0. The van der Waals surface area contributed by atoms with Crippen LogP contribution in [0.25, 0.3) is 0 Å². The van der Waals surface area contributed by atoms with Crippen LogP contribution in [0.3, 0.4) is 0 Å². The second kappa shape index (κ2) is 9.77. The molecule has 0 aromatic heterocycles. The topological polar surface area (TPSA) is 66.0 Å². The van der Waals surface area contributed by atoms with Gasteiger partial charge in [-0.05, 0) is 31.2 Å². The first-order valence-electron chi connectivity index (χ1n) is 8.15. The van der Waals surface area contributed by atoms with Crippen molar-refractivity contribution in [1.29, 1.82) is 0 Å². The molecule has 2 aromatic carbocycles. The molecule has 0 bridgehead atoms. The zero-order chi connectivity index (χ0) is 18.9. The van der Waals surface area contributed by atoms with Crippen molar-refractivity contribution in [1.82, 2.24) is 5.32 Å². The van der Waals surface area contributed by atoms with Crippen LogP contribution in [0.2, 0.25) is 5.02 Å². The standard InChI is InChI=1S/C19H22ClNO5/c1-4-25-18-14(20)11-13(12-17(18)24-3)19(22)21-9-10-26-16-8-6-5-7-15(16)23-2/h5-8,11-12H,4,9-10H2,1-3H3,(H,21,22). The monoisotopic (exact) mass is 379 g/mol. The Bertz CT molecular complexity index is 751. The summed E-state index contributed by atoms with van der Waals surface area (Å²) in [6.07, 6.45) is 0. The molecule has 0 aliphatic rings. The Morgan fingerprint density at radius 3 is 2.38 bits per heavy atom. The molecule has 0 spiro atoms. The molecule has 0 fully saturated rings. The number of para-hydroxylation sites is 2. The molecule has 1 N–H and O–H groups in total. The molecule has 7 heteroatoms. The van der Waals surface area contributed by atoms with Crippen molar-refractivity contribution in [2.45, 2.75) is 6.92 Å². The van der Waals surface area contributed by atoms with Crippen LogP contribution in [0.1, 0.15) is 17.3 Å². The lowest BCUT2D eigenvalue weighted by atomic mass is 10.2. The predicted molar refractivity (Wildman–Crippen MR) is 100.0 cm³/mol. The fourth-order valence-corrected chi connectivity index (χ4v) is 2.57. The van der Waals surface area contributed by atoms with E-state index in [1.807, 2.05) is 25.1 Å². The van der Waals surface area contributed by atoms with Gasteiger partial charge < -0.3 is 24.3 Å². The molecule has 0 atom stereocenters. The lowest BCUT2D eigenvalue weighted by molar-refractivity contribution is 0.0946. The van der Waals surface area contributed by atoms with Crippen molar-refractivity contribution >= 4 is 17.5 Å². The van der Waals surface area contributed by atoms with Crippen molar-refractivity contribution in [2.75, 3.05) is 34.0 Å². The van der Waals surface area contributed by atoms with Gasteiger partial charge in [0.05, 0.1) is 32.4 Å². The first kappa shape index (κ1) is 19.7. The van der Waals surface area contributed by atoms with Crippen LogP contribution in [-0.4, -0.2) is 39.9 Å². The number of carbonyl (C=O) groups excluding carboxylic acids is 1. The lowest BCUT2D eigenvalue weighted by Crippen LogP contribution is -2.28. The fraction of sp³-hybridized carbons (Fsp3) is 0.316. The van der Waals surface area contributed by atoms with Gasteiger partial charge in [0.2, 0.25) is 0 Å². The highest BCUT2D eigenvalue weighted by Gasteiger charge is 2.15. The van der Waals surface area contributed by atoms with Crippen molar-refractivity contribution < 1.29 is 23.7 Å². The molecule has 2 aromatic rings. The molecule has 0 radical (unpaired) electrons. The molecule has 0 saturated heterocycles. The summed E-state index contributed by atoms with van der Waals surface area (Å²) in [4.78, 5) is 12.3. The third-order valence-electron chi connectivity index (χ3n) is 3.49. The first-order chi connectivity index (χ1) is 12.6. The van der Waals surface area contributed by atoms with Crippen molar-refractivity contribution in [2.24, 2.45) is 0 Å². The Labute approximate surface area is 158 Å². The van der Waals surface area contributed by atoms with E-state index in [0.29, 0.717) is 53.3 Å². The summed E-state index contributed by atoms with van der Waals surface area (Å²) in [5, 5.41) is 3.10. The number of ether oxygens (including phenoxy) is 4. The minimum atomic E-state index is -0.281. The largest absolute Gasteiger partial charge is 0.493 e. The van der Waals surface area contributed by atoms with Gasteiger partial charge in [0.1, 0.15) is 6.61 Å². The SMILES string of the molecule is CCOc1c(Cl)cc(C(=O)NCCOc2ccccc2OC)cc1OC. The highest BCUT2D eigenvalue weighted by molar-refractivity contribution is 6.32. The van der Waals surface area contributed by atoms with Gasteiger partial charge in [-0.15, -0.1) is 0 Å². The maximum atomic E-state index is 12.3. The highest BCUT2D eigenvalue weighted by atomic mass is 35.5. The first-order valence-corrected chi connectivity index (χ1v) is 8.52. The second-order valence-corrected chi connectivity index (χ2v) is 5.58. The molecule has 0 unspecified atom stereocenters.